The molecule has 10 nitrogen and oxygen atoms in total. The fourth-order valence-electron chi connectivity index (χ4n) is 2.54. The quantitative estimate of drug-likeness (QED) is 0.413. The lowest BCUT2D eigenvalue weighted by molar-refractivity contribution is 0.603. The van der Waals surface area contributed by atoms with E-state index in [0.717, 1.165) is 11.4 Å². The van der Waals surface area contributed by atoms with E-state index in [9.17, 15) is 0 Å². The molecule has 6 N–H and O–H groups in total. The maximum atomic E-state index is 9.01. The lowest BCUT2D eigenvalue weighted by Gasteiger charge is -2.22. The van der Waals surface area contributed by atoms with Crippen molar-refractivity contribution in [3.8, 4) is 24.3 Å². The van der Waals surface area contributed by atoms with Crippen molar-refractivity contribution in [2.24, 2.45) is 21.5 Å². The summed E-state index contributed by atoms with van der Waals surface area (Å²) < 4.78 is 0. The summed E-state index contributed by atoms with van der Waals surface area (Å²) in [5.41, 5.74) is 12.6. The van der Waals surface area contributed by atoms with E-state index in [1.165, 1.54) is 12.4 Å². The Morgan fingerprint density at radius 2 is 1.16 bits per heavy atom. The molecule has 0 bridgehead atoms. The number of nitrogens with one attached hydrogen (secondary N) is 2. The van der Waals surface area contributed by atoms with Crippen LogP contribution in [0, 0.1) is 45.3 Å². The third-order valence-corrected chi connectivity index (χ3v) is 4.39. The summed E-state index contributed by atoms with van der Waals surface area (Å²) in [5.74, 6) is 0. The van der Waals surface area contributed by atoms with Gasteiger partial charge in [-0.1, -0.05) is 0 Å². The maximum absolute atomic E-state index is 9.01. The molecule has 0 spiro atoms. The molecular weight excluding hydrogens is 392 g/mol. The van der Waals surface area contributed by atoms with Crippen molar-refractivity contribution in [3.05, 3.63) is 69.8 Å². The average Bonchev–Trinajstić information content (AvgIpc) is 3.44. The predicted molar refractivity (Wildman–Crippen MR) is 114 cm³/mol. The van der Waals surface area contributed by atoms with Gasteiger partial charge in [0.05, 0.1) is 23.8 Å². The van der Waals surface area contributed by atoms with E-state index in [0.29, 0.717) is 11.4 Å². The van der Waals surface area contributed by atoms with E-state index >= 15 is 0 Å². The largest absolute Gasteiger partial charge is 0.388 e. The number of hydrogen-bond acceptors (Lipinski definition) is 8. The van der Waals surface area contributed by atoms with Crippen LogP contribution >= 0.6 is 0 Å². The van der Waals surface area contributed by atoms with Gasteiger partial charge in [0.25, 0.3) is 0 Å². The standard InChI is InChI=1S/C21H18N10/c1-21(2,19-5-3-13(30-19)11-28-17(9-24)15(26)7-22)20-6-4-14(31-20)12-29-18(10-25)16(27)8-23/h3-6,11-12,30-31H,26-27H2,1-2H3. The normalized spacial score (nSPS) is 13.1. The summed E-state index contributed by atoms with van der Waals surface area (Å²) in [4.78, 5) is 14.3. The van der Waals surface area contributed by atoms with Gasteiger partial charge in [-0.05, 0) is 38.1 Å². The van der Waals surface area contributed by atoms with Gasteiger partial charge in [0.15, 0.2) is 11.4 Å². The number of nitrogens with two attached hydrogens (primary N) is 2. The zero-order chi connectivity index (χ0) is 23.0. The Morgan fingerprint density at radius 1 is 0.774 bits per heavy atom. The highest BCUT2D eigenvalue weighted by Gasteiger charge is 2.26. The Morgan fingerprint density at radius 3 is 1.48 bits per heavy atom. The molecule has 31 heavy (non-hydrogen) atoms. The van der Waals surface area contributed by atoms with Gasteiger partial charge in [0, 0.05) is 16.8 Å². The van der Waals surface area contributed by atoms with E-state index in [-0.39, 0.29) is 22.8 Å². The van der Waals surface area contributed by atoms with Crippen molar-refractivity contribution < 1.29 is 0 Å². The lowest BCUT2D eigenvalue weighted by Crippen LogP contribution is -2.20. The van der Waals surface area contributed by atoms with Crippen LogP contribution < -0.4 is 11.5 Å². The Balaban J connectivity index is 2.27. The van der Waals surface area contributed by atoms with Crippen LogP contribution in [0.5, 0.6) is 0 Å². The molecule has 2 aromatic rings. The molecule has 0 amide bonds. The van der Waals surface area contributed by atoms with Gasteiger partial charge in [-0.25, -0.2) is 9.98 Å². The summed E-state index contributed by atoms with van der Waals surface area (Å²) in [6.45, 7) is 3.99. The fraction of sp³-hybridized carbons (Fsp3) is 0.143. The molecule has 0 saturated heterocycles. The van der Waals surface area contributed by atoms with Crippen LogP contribution in [0.25, 0.3) is 0 Å². The van der Waals surface area contributed by atoms with Crippen LogP contribution in [0.4, 0.5) is 0 Å². The van der Waals surface area contributed by atoms with Gasteiger partial charge >= 0.3 is 0 Å². The van der Waals surface area contributed by atoms with E-state index in [1.807, 2.05) is 26.0 Å². The second-order valence-corrected chi connectivity index (χ2v) is 6.77. The summed E-state index contributed by atoms with van der Waals surface area (Å²) in [7, 11) is 0. The number of allylic oxidation sites excluding steroid dienone is 4. The van der Waals surface area contributed by atoms with Gasteiger partial charge in [0.1, 0.15) is 35.7 Å². The lowest BCUT2D eigenvalue weighted by atomic mass is 9.86. The van der Waals surface area contributed by atoms with Gasteiger partial charge < -0.3 is 21.4 Å². The Kier molecular flexibility index (Phi) is 6.76. The summed E-state index contributed by atoms with van der Waals surface area (Å²) >= 11 is 0. The molecule has 10 heteroatoms. The van der Waals surface area contributed by atoms with Crippen LogP contribution in [0.15, 0.2) is 57.0 Å². The Labute approximate surface area is 178 Å². The third-order valence-electron chi connectivity index (χ3n) is 4.39. The summed E-state index contributed by atoms with van der Waals surface area (Å²) in [5, 5.41) is 35.6. The fourth-order valence-corrected chi connectivity index (χ4v) is 2.54. The van der Waals surface area contributed by atoms with E-state index in [4.69, 9.17) is 32.5 Å². The highest BCUT2D eigenvalue weighted by atomic mass is 14.8. The van der Waals surface area contributed by atoms with Crippen LogP contribution in [-0.2, 0) is 5.41 Å². The smallest absolute Gasteiger partial charge is 0.174 e. The molecule has 0 saturated carbocycles. The first-order valence-corrected chi connectivity index (χ1v) is 8.83. The van der Waals surface area contributed by atoms with Crippen molar-refractivity contribution in [1.29, 1.82) is 21.0 Å². The van der Waals surface area contributed by atoms with Crippen molar-refractivity contribution in [1.82, 2.24) is 9.97 Å². The minimum Gasteiger partial charge on any atom is -0.388 e. The summed E-state index contributed by atoms with van der Waals surface area (Å²) in [6, 6.07) is 14.3. The molecule has 0 aliphatic rings. The number of nitriles is 4. The zero-order valence-electron chi connectivity index (χ0n) is 16.8. The Hall–Kier alpha value is -5.06. The Bertz CT molecular complexity index is 1170. The maximum Gasteiger partial charge on any atom is 0.174 e. The van der Waals surface area contributed by atoms with Crippen molar-refractivity contribution >= 4 is 12.4 Å². The molecule has 0 aromatic carbocycles. The third kappa shape index (κ3) is 5.06. The average molecular weight is 410 g/mol. The molecule has 0 aliphatic heterocycles. The molecule has 0 atom stereocenters. The van der Waals surface area contributed by atoms with Crippen molar-refractivity contribution in [2.45, 2.75) is 19.3 Å². The van der Waals surface area contributed by atoms with Gasteiger partial charge in [-0.2, -0.15) is 21.0 Å². The molecular formula is C21H18N10. The monoisotopic (exact) mass is 410 g/mol. The minimum absolute atomic E-state index is 0.158. The molecule has 2 heterocycles. The number of H-pyrrole nitrogens is 2. The van der Waals surface area contributed by atoms with E-state index in [1.54, 1.807) is 36.4 Å². The highest BCUT2D eigenvalue weighted by molar-refractivity contribution is 5.80. The van der Waals surface area contributed by atoms with Crippen LogP contribution in [0.1, 0.15) is 36.6 Å². The zero-order valence-corrected chi connectivity index (χ0v) is 16.8. The van der Waals surface area contributed by atoms with Crippen LogP contribution in [-0.4, -0.2) is 22.4 Å². The topological polar surface area (TPSA) is 204 Å². The van der Waals surface area contributed by atoms with Gasteiger partial charge in [0.2, 0.25) is 0 Å². The number of hydrogen-bond donors (Lipinski definition) is 4. The first-order chi connectivity index (χ1) is 14.8. The summed E-state index contributed by atoms with van der Waals surface area (Å²) in [6.07, 6.45) is 2.84. The number of aliphatic imine (C=N–C) groups is 2. The van der Waals surface area contributed by atoms with Crippen LogP contribution in [0.3, 0.4) is 0 Å². The molecule has 152 valence electrons. The number of nitrogens with zero attached hydrogens (tertiary/aromatic N) is 6. The van der Waals surface area contributed by atoms with Gasteiger partial charge in [-0.3, -0.25) is 0 Å². The second-order valence-electron chi connectivity index (χ2n) is 6.77. The molecule has 0 radical (unpaired) electrons. The number of rotatable bonds is 6. The highest BCUT2D eigenvalue weighted by Crippen LogP contribution is 2.30. The SMILES string of the molecule is CC(C)(c1ccc(C=NC(C#N)=C(N)C#N)[nH]1)c1ccc(C=NC(C#N)=C(N)C#N)[nH]1. The number of aromatic amines is 2. The van der Waals surface area contributed by atoms with E-state index < -0.39 is 5.41 Å². The molecule has 2 aromatic heterocycles. The first kappa shape index (κ1) is 22.2. The van der Waals surface area contributed by atoms with Crippen molar-refractivity contribution in [3.63, 3.8) is 0 Å². The van der Waals surface area contributed by atoms with Crippen molar-refractivity contribution in [2.75, 3.05) is 0 Å². The molecule has 0 unspecified atom stereocenters. The van der Waals surface area contributed by atoms with Gasteiger partial charge in [-0.15, -0.1) is 0 Å². The number of aromatic nitrogens is 2. The minimum atomic E-state index is -0.461. The van der Waals surface area contributed by atoms with E-state index in [2.05, 4.69) is 20.0 Å². The molecule has 0 fully saturated rings. The first-order valence-electron chi connectivity index (χ1n) is 8.83. The van der Waals surface area contributed by atoms with Crippen LogP contribution in [0.2, 0.25) is 0 Å². The molecule has 0 aliphatic carbocycles. The predicted octanol–water partition coefficient (Wildman–Crippen LogP) is 1.94. The molecule has 2 rings (SSSR count). The second kappa shape index (κ2) is 9.43.